The largest absolute Gasteiger partial charge is 0.337 e. The number of piperidine rings is 1. The van der Waals surface area contributed by atoms with Gasteiger partial charge in [-0.05, 0) is 45.6 Å². The summed E-state index contributed by atoms with van der Waals surface area (Å²) in [6.45, 7) is 8.89. The van der Waals surface area contributed by atoms with Gasteiger partial charge in [-0.2, -0.15) is 5.10 Å². The lowest BCUT2D eigenvalue weighted by molar-refractivity contribution is -0.138. The first-order valence-corrected chi connectivity index (χ1v) is 9.40. The maximum Gasteiger partial charge on any atom is 0.244 e. The van der Waals surface area contributed by atoms with E-state index in [4.69, 9.17) is 0 Å². The third-order valence-corrected chi connectivity index (χ3v) is 6.75. The molecule has 3 heterocycles. The standard InChI is InChI=1S/C19H28N4O2/c1-12-8-13(2)22(20-12)11-18(25)23-15-9-19(4)16(6-5-7-17(19)23)21(10-15)14(3)24/h8,15-17H,5-7,9-11H2,1-4H3/t15-,16+,17-,19+/m0/s1. The molecule has 1 saturated carbocycles. The summed E-state index contributed by atoms with van der Waals surface area (Å²) in [7, 11) is 0. The quantitative estimate of drug-likeness (QED) is 0.823. The second kappa shape index (κ2) is 5.58. The summed E-state index contributed by atoms with van der Waals surface area (Å²) in [4.78, 5) is 29.5. The number of rotatable bonds is 2. The third kappa shape index (κ3) is 2.41. The first-order chi connectivity index (χ1) is 11.8. The molecule has 3 fully saturated rings. The SMILES string of the molecule is CC(=O)N1C[C@@H]2C[C@@]3(C)[C@H](CCC[C@@H]13)N2C(=O)Cn1nc(C)cc1C. The molecule has 136 valence electrons. The minimum absolute atomic E-state index is 0.0393. The van der Waals surface area contributed by atoms with Crippen LogP contribution in [0.15, 0.2) is 6.07 Å². The molecule has 2 saturated heterocycles. The van der Waals surface area contributed by atoms with Crippen molar-refractivity contribution < 1.29 is 9.59 Å². The van der Waals surface area contributed by atoms with Crippen molar-refractivity contribution in [3.8, 4) is 0 Å². The van der Waals surface area contributed by atoms with Gasteiger partial charge >= 0.3 is 0 Å². The molecule has 0 spiro atoms. The lowest BCUT2D eigenvalue weighted by Crippen LogP contribution is -2.57. The Morgan fingerprint density at radius 1 is 1.28 bits per heavy atom. The summed E-state index contributed by atoms with van der Waals surface area (Å²) in [6, 6.07) is 2.69. The molecule has 0 N–H and O–H groups in total. The fraction of sp³-hybridized carbons (Fsp3) is 0.737. The van der Waals surface area contributed by atoms with E-state index in [0.29, 0.717) is 13.1 Å². The van der Waals surface area contributed by atoms with E-state index >= 15 is 0 Å². The van der Waals surface area contributed by atoms with Crippen molar-refractivity contribution >= 4 is 11.8 Å². The van der Waals surface area contributed by atoms with Crippen LogP contribution in [0.1, 0.15) is 50.9 Å². The van der Waals surface area contributed by atoms with E-state index in [-0.39, 0.29) is 35.4 Å². The van der Waals surface area contributed by atoms with E-state index in [1.54, 1.807) is 6.92 Å². The van der Waals surface area contributed by atoms with E-state index < -0.39 is 0 Å². The predicted molar refractivity (Wildman–Crippen MR) is 93.9 cm³/mol. The molecular weight excluding hydrogens is 316 g/mol. The maximum atomic E-state index is 13.2. The monoisotopic (exact) mass is 344 g/mol. The zero-order valence-corrected chi connectivity index (χ0v) is 15.7. The highest BCUT2D eigenvalue weighted by Gasteiger charge is 2.61. The molecule has 2 bridgehead atoms. The number of aryl methyl sites for hydroxylation is 2. The van der Waals surface area contributed by atoms with Crippen molar-refractivity contribution in [1.82, 2.24) is 19.6 Å². The number of hydrogen-bond donors (Lipinski definition) is 0. The molecule has 4 rings (SSSR count). The lowest BCUT2D eigenvalue weighted by Gasteiger charge is -2.49. The van der Waals surface area contributed by atoms with Gasteiger partial charge in [-0.1, -0.05) is 6.92 Å². The molecule has 4 atom stereocenters. The van der Waals surface area contributed by atoms with E-state index in [2.05, 4.69) is 16.9 Å². The molecule has 2 aliphatic heterocycles. The minimum Gasteiger partial charge on any atom is -0.337 e. The van der Waals surface area contributed by atoms with E-state index in [1.807, 2.05) is 29.5 Å². The molecule has 1 aliphatic carbocycles. The average Bonchev–Trinajstić information content (AvgIpc) is 3.00. The van der Waals surface area contributed by atoms with Crippen molar-refractivity contribution in [2.45, 2.75) is 78.0 Å². The van der Waals surface area contributed by atoms with Crippen LogP contribution < -0.4 is 0 Å². The first-order valence-electron chi connectivity index (χ1n) is 9.40. The van der Waals surface area contributed by atoms with E-state index in [1.165, 1.54) is 0 Å². The molecule has 6 heteroatoms. The molecule has 3 aliphatic rings. The number of hydrogen-bond acceptors (Lipinski definition) is 3. The molecule has 1 aromatic rings. The van der Waals surface area contributed by atoms with Gasteiger partial charge < -0.3 is 9.80 Å². The first kappa shape index (κ1) is 16.6. The summed E-state index contributed by atoms with van der Waals surface area (Å²) in [5, 5.41) is 4.45. The van der Waals surface area contributed by atoms with E-state index in [0.717, 1.165) is 37.1 Å². The maximum absolute atomic E-state index is 13.2. The zero-order valence-electron chi connectivity index (χ0n) is 15.7. The van der Waals surface area contributed by atoms with Crippen molar-refractivity contribution in [2.24, 2.45) is 5.41 Å². The highest BCUT2D eigenvalue weighted by Crippen LogP contribution is 2.54. The van der Waals surface area contributed by atoms with Gasteiger partial charge in [-0.3, -0.25) is 14.3 Å². The molecule has 6 nitrogen and oxygen atoms in total. The van der Waals surface area contributed by atoms with Gasteiger partial charge in [0.25, 0.3) is 0 Å². The summed E-state index contributed by atoms with van der Waals surface area (Å²) < 4.78 is 1.81. The number of aromatic nitrogens is 2. The Bertz CT molecular complexity index is 727. The van der Waals surface area contributed by atoms with Crippen LogP contribution in [0.2, 0.25) is 0 Å². The predicted octanol–water partition coefficient (Wildman–Crippen LogP) is 1.89. The topological polar surface area (TPSA) is 58.4 Å². The lowest BCUT2D eigenvalue weighted by atomic mass is 9.66. The fourth-order valence-electron chi connectivity index (χ4n) is 5.76. The Kier molecular flexibility index (Phi) is 3.71. The molecule has 0 unspecified atom stereocenters. The summed E-state index contributed by atoms with van der Waals surface area (Å²) >= 11 is 0. The Labute approximate surface area is 149 Å². The van der Waals surface area contributed by atoms with Crippen LogP contribution >= 0.6 is 0 Å². The molecule has 2 amide bonds. The van der Waals surface area contributed by atoms with Gasteiger partial charge in [0.1, 0.15) is 6.54 Å². The van der Waals surface area contributed by atoms with Crippen LogP contribution in [-0.2, 0) is 16.1 Å². The van der Waals surface area contributed by atoms with Crippen molar-refractivity contribution in [3.05, 3.63) is 17.5 Å². The summed E-state index contributed by atoms with van der Waals surface area (Å²) in [5.41, 5.74) is 2.00. The molecule has 1 aromatic heterocycles. The Morgan fingerprint density at radius 3 is 2.64 bits per heavy atom. The number of carbonyl (C=O) groups is 2. The van der Waals surface area contributed by atoms with Gasteiger partial charge in [0.2, 0.25) is 11.8 Å². The second-order valence-electron chi connectivity index (χ2n) is 8.38. The van der Waals surface area contributed by atoms with Gasteiger partial charge in [0, 0.05) is 36.7 Å². The molecule has 25 heavy (non-hydrogen) atoms. The fourth-order valence-corrected chi connectivity index (χ4v) is 5.76. The highest BCUT2D eigenvalue weighted by atomic mass is 16.2. The van der Waals surface area contributed by atoms with Crippen LogP contribution in [0.3, 0.4) is 0 Å². The zero-order chi connectivity index (χ0) is 17.9. The van der Waals surface area contributed by atoms with Gasteiger partial charge in [0.05, 0.1) is 11.7 Å². The van der Waals surface area contributed by atoms with Gasteiger partial charge in [-0.15, -0.1) is 0 Å². The van der Waals surface area contributed by atoms with Crippen molar-refractivity contribution in [3.63, 3.8) is 0 Å². The Morgan fingerprint density at radius 2 is 2.00 bits per heavy atom. The minimum atomic E-state index is 0.0393. The van der Waals surface area contributed by atoms with Crippen LogP contribution in [0, 0.1) is 19.3 Å². The Balaban J connectivity index is 1.63. The van der Waals surface area contributed by atoms with Crippen molar-refractivity contribution in [1.29, 1.82) is 0 Å². The number of likely N-dealkylation sites (tertiary alicyclic amines) is 2. The van der Waals surface area contributed by atoms with Crippen LogP contribution in [0.25, 0.3) is 0 Å². The second-order valence-corrected chi connectivity index (χ2v) is 8.38. The van der Waals surface area contributed by atoms with Crippen LogP contribution in [0.4, 0.5) is 0 Å². The van der Waals surface area contributed by atoms with Crippen molar-refractivity contribution in [2.75, 3.05) is 6.54 Å². The number of amides is 2. The van der Waals surface area contributed by atoms with Gasteiger partial charge in [-0.25, -0.2) is 0 Å². The molecule has 0 aromatic carbocycles. The summed E-state index contributed by atoms with van der Waals surface area (Å²) in [5.74, 6) is 0.297. The normalized spacial score (nSPS) is 33.7. The number of nitrogens with zero attached hydrogens (tertiary/aromatic N) is 4. The smallest absolute Gasteiger partial charge is 0.244 e. The highest BCUT2D eigenvalue weighted by molar-refractivity contribution is 5.79. The van der Waals surface area contributed by atoms with E-state index in [9.17, 15) is 9.59 Å². The third-order valence-electron chi connectivity index (χ3n) is 6.75. The molecule has 0 radical (unpaired) electrons. The molecular formula is C19H28N4O2. The van der Waals surface area contributed by atoms with Crippen LogP contribution in [-0.4, -0.2) is 56.1 Å². The average molecular weight is 344 g/mol. The van der Waals surface area contributed by atoms with Gasteiger partial charge in [0.15, 0.2) is 0 Å². The number of carbonyl (C=O) groups excluding carboxylic acids is 2. The summed E-state index contributed by atoms with van der Waals surface area (Å²) in [6.07, 6.45) is 4.23. The van der Waals surface area contributed by atoms with Crippen LogP contribution in [0.5, 0.6) is 0 Å². The number of fused-ring (bicyclic) bond motifs is 1. The Hall–Kier alpha value is -1.85.